The van der Waals surface area contributed by atoms with E-state index in [9.17, 15) is 4.79 Å². The molecule has 106 valence electrons. The Morgan fingerprint density at radius 2 is 2.29 bits per heavy atom. The monoisotopic (exact) mass is 299 g/mol. The standard InChI is InChI=1S/C13H14N5O2.Al/c1-8-6-14-15-7-10(8)11-5-12(17-16-11)18-3-4-20-9(2)13(18)19;/h5-7,9H,2-4H2,1H3,(H,16,17);. The number of morpholine rings is 1. The fraction of sp³-hybridized carbons (Fsp3) is 0.385. The number of anilines is 1. The first-order chi connectivity index (χ1) is 10.2. The molecule has 1 saturated heterocycles. The second-order valence-corrected chi connectivity index (χ2v) is 5.28. The van der Waals surface area contributed by atoms with E-state index in [-0.39, 0.29) is 5.91 Å². The fourth-order valence-electron chi connectivity index (χ4n) is 2.29. The number of carbonyl (C=O) groups is 1. The van der Waals surface area contributed by atoms with Crippen LogP contribution in [0.1, 0.15) is 5.56 Å². The number of rotatable bonds is 3. The molecule has 1 amide bonds. The molecule has 2 aromatic rings. The molecule has 7 nitrogen and oxygen atoms in total. The highest BCUT2D eigenvalue weighted by atomic mass is 27.0. The maximum Gasteiger partial charge on any atom is 0.256 e. The van der Waals surface area contributed by atoms with Gasteiger partial charge in [0.25, 0.3) is 5.91 Å². The first-order valence-corrected chi connectivity index (χ1v) is 7.48. The number of amides is 1. The highest BCUT2D eigenvalue weighted by Crippen LogP contribution is 2.25. The predicted molar refractivity (Wildman–Crippen MR) is 77.0 cm³/mol. The number of nitrogens with zero attached hydrogens (tertiary/aromatic N) is 4. The van der Waals surface area contributed by atoms with Crippen molar-refractivity contribution in [3.05, 3.63) is 24.0 Å². The average molecular weight is 299 g/mol. The third-order valence-corrected chi connectivity index (χ3v) is 3.88. The van der Waals surface area contributed by atoms with Crippen LogP contribution >= 0.6 is 0 Å². The quantitative estimate of drug-likeness (QED) is 0.834. The van der Waals surface area contributed by atoms with Gasteiger partial charge in [0, 0.05) is 11.6 Å². The van der Waals surface area contributed by atoms with E-state index in [0.717, 1.165) is 16.8 Å². The van der Waals surface area contributed by atoms with Crippen molar-refractivity contribution in [1.82, 2.24) is 20.4 Å². The molecule has 8 heteroatoms. The van der Waals surface area contributed by atoms with Gasteiger partial charge < -0.3 is 4.74 Å². The van der Waals surface area contributed by atoms with Gasteiger partial charge in [-0.25, -0.2) is 0 Å². The SMILES string of the molecule is Cc1cnncc1-c1cc(N2CCOC([CH2][Al])C2=O)n[nH]1. The number of H-pyrrole nitrogens is 1. The fourth-order valence-corrected chi connectivity index (χ4v) is 2.63. The van der Waals surface area contributed by atoms with Crippen LogP contribution in [-0.4, -0.2) is 61.8 Å². The summed E-state index contributed by atoms with van der Waals surface area (Å²) in [6.07, 6.45) is 2.97. The summed E-state index contributed by atoms with van der Waals surface area (Å²) in [4.78, 5) is 13.9. The molecule has 2 radical (unpaired) electrons. The first-order valence-electron chi connectivity index (χ1n) is 6.67. The largest absolute Gasteiger partial charge is 0.368 e. The normalized spacial score (nSPS) is 19.0. The number of ether oxygens (including phenoxy) is 1. The molecule has 1 fully saturated rings. The average Bonchev–Trinajstić information content (AvgIpc) is 2.97. The van der Waals surface area contributed by atoms with E-state index in [1.807, 2.05) is 13.0 Å². The van der Waals surface area contributed by atoms with Gasteiger partial charge in [-0.3, -0.25) is 14.8 Å². The van der Waals surface area contributed by atoms with Gasteiger partial charge in [-0.05, 0) is 12.5 Å². The lowest BCUT2D eigenvalue weighted by atomic mass is 10.1. The van der Waals surface area contributed by atoms with Gasteiger partial charge in [0.1, 0.15) is 22.4 Å². The van der Waals surface area contributed by atoms with Crippen molar-refractivity contribution in [1.29, 1.82) is 0 Å². The Bertz CT molecular complexity index is 660. The molecule has 1 aliphatic heterocycles. The molecule has 21 heavy (non-hydrogen) atoms. The summed E-state index contributed by atoms with van der Waals surface area (Å²) >= 11 is 2.54. The first kappa shape index (κ1) is 14.2. The van der Waals surface area contributed by atoms with Crippen LogP contribution < -0.4 is 4.90 Å². The van der Waals surface area contributed by atoms with Crippen LogP contribution in [0.15, 0.2) is 18.5 Å². The van der Waals surface area contributed by atoms with E-state index >= 15 is 0 Å². The molecule has 1 N–H and O–H groups in total. The number of carbonyl (C=O) groups excluding carboxylic acids is 1. The molecule has 1 atom stereocenters. The van der Waals surface area contributed by atoms with Crippen LogP contribution in [0.5, 0.6) is 0 Å². The summed E-state index contributed by atoms with van der Waals surface area (Å²) in [5, 5.41) is 15.5. The van der Waals surface area contributed by atoms with Crippen molar-refractivity contribution in [3.63, 3.8) is 0 Å². The smallest absolute Gasteiger partial charge is 0.256 e. The Morgan fingerprint density at radius 3 is 3.05 bits per heavy atom. The van der Waals surface area contributed by atoms with Crippen LogP contribution in [0.4, 0.5) is 5.82 Å². The lowest BCUT2D eigenvalue weighted by molar-refractivity contribution is -0.132. The molecule has 1 unspecified atom stereocenters. The lowest BCUT2D eigenvalue weighted by Crippen LogP contribution is -2.47. The number of hydrogen-bond acceptors (Lipinski definition) is 5. The third-order valence-electron chi connectivity index (χ3n) is 3.45. The molecule has 0 aliphatic carbocycles. The van der Waals surface area contributed by atoms with E-state index in [1.165, 1.54) is 0 Å². The van der Waals surface area contributed by atoms with Crippen LogP contribution in [-0.2, 0) is 9.53 Å². The topological polar surface area (TPSA) is 84.0 Å². The van der Waals surface area contributed by atoms with Crippen LogP contribution in [0, 0.1) is 6.92 Å². The zero-order chi connectivity index (χ0) is 14.8. The van der Waals surface area contributed by atoms with Crippen LogP contribution in [0.2, 0.25) is 5.28 Å². The Labute approximate surface area is 130 Å². The Balaban J connectivity index is 1.88. The molecule has 0 bridgehead atoms. The van der Waals surface area contributed by atoms with E-state index in [0.29, 0.717) is 24.3 Å². The number of aromatic nitrogens is 4. The molecular formula is C13H14AlN5O2. The van der Waals surface area contributed by atoms with Crippen molar-refractivity contribution >= 4 is 28.0 Å². The third kappa shape index (κ3) is 2.70. The molecule has 0 aromatic carbocycles. The lowest BCUT2D eigenvalue weighted by Gasteiger charge is -2.30. The summed E-state index contributed by atoms with van der Waals surface area (Å²) < 4.78 is 5.43. The molecule has 0 spiro atoms. The van der Waals surface area contributed by atoms with E-state index in [1.54, 1.807) is 17.3 Å². The predicted octanol–water partition coefficient (Wildman–Crippen LogP) is 0.494. The van der Waals surface area contributed by atoms with Gasteiger partial charge in [-0.1, -0.05) is 5.28 Å². The summed E-state index contributed by atoms with van der Waals surface area (Å²) in [5.74, 6) is 0.553. The van der Waals surface area contributed by atoms with Gasteiger partial charge in [0.05, 0.1) is 31.2 Å². The number of aromatic amines is 1. The summed E-state index contributed by atoms with van der Waals surface area (Å²) in [6, 6.07) is 1.85. The number of aryl methyl sites for hydroxylation is 1. The van der Waals surface area contributed by atoms with Gasteiger partial charge in [-0.15, -0.1) is 0 Å². The highest BCUT2D eigenvalue weighted by Gasteiger charge is 2.30. The van der Waals surface area contributed by atoms with Crippen molar-refractivity contribution in [2.45, 2.75) is 18.3 Å². The second kappa shape index (κ2) is 5.94. The minimum absolute atomic E-state index is 0.0566. The highest BCUT2D eigenvalue weighted by molar-refractivity contribution is 6.12. The Hall–Kier alpha value is -1.75. The maximum atomic E-state index is 12.3. The van der Waals surface area contributed by atoms with Crippen LogP contribution in [0.25, 0.3) is 11.3 Å². The van der Waals surface area contributed by atoms with E-state index < -0.39 is 6.10 Å². The molecule has 2 aromatic heterocycles. The number of nitrogens with one attached hydrogen (secondary N) is 1. The zero-order valence-corrected chi connectivity index (χ0v) is 12.8. The molecule has 3 heterocycles. The summed E-state index contributed by atoms with van der Waals surface area (Å²) in [6.45, 7) is 2.98. The maximum absolute atomic E-state index is 12.3. The van der Waals surface area contributed by atoms with Gasteiger partial charge in [0.2, 0.25) is 0 Å². The van der Waals surface area contributed by atoms with Gasteiger partial charge in [-0.2, -0.15) is 15.3 Å². The van der Waals surface area contributed by atoms with Crippen molar-refractivity contribution < 1.29 is 9.53 Å². The van der Waals surface area contributed by atoms with Gasteiger partial charge >= 0.3 is 0 Å². The van der Waals surface area contributed by atoms with E-state index in [4.69, 9.17) is 4.74 Å². The van der Waals surface area contributed by atoms with Gasteiger partial charge in [0.15, 0.2) is 5.82 Å². The van der Waals surface area contributed by atoms with Crippen LogP contribution in [0.3, 0.4) is 0 Å². The van der Waals surface area contributed by atoms with E-state index in [2.05, 4.69) is 36.7 Å². The summed E-state index contributed by atoms with van der Waals surface area (Å²) in [5.41, 5.74) is 2.74. The molecule has 3 rings (SSSR count). The Morgan fingerprint density at radius 1 is 1.48 bits per heavy atom. The van der Waals surface area contributed by atoms with Crippen molar-refractivity contribution in [2.75, 3.05) is 18.1 Å². The second-order valence-electron chi connectivity index (χ2n) is 4.81. The molecule has 1 aliphatic rings. The zero-order valence-electron chi connectivity index (χ0n) is 11.6. The minimum atomic E-state index is -0.409. The minimum Gasteiger partial charge on any atom is -0.368 e. The van der Waals surface area contributed by atoms with Crippen molar-refractivity contribution in [2.24, 2.45) is 0 Å². The molecular weight excluding hydrogens is 285 g/mol. The van der Waals surface area contributed by atoms with Crippen molar-refractivity contribution in [3.8, 4) is 11.3 Å². The number of hydrogen-bond donors (Lipinski definition) is 1. The molecule has 0 saturated carbocycles. The Kier molecular flexibility index (Phi) is 4.01. The summed E-state index contributed by atoms with van der Waals surface area (Å²) in [7, 11) is 0.